The van der Waals surface area contributed by atoms with Crippen LogP contribution in [0, 0.1) is 0 Å². The van der Waals surface area contributed by atoms with Gasteiger partial charge in [0.15, 0.2) is 12.4 Å². The summed E-state index contributed by atoms with van der Waals surface area (Å²) in [5.41, 5.74) is 0. The normalized spacial score (nSPS) is 19.3. The Balaban J connectivity index is 2.67. The van der Waals surface area contributed by atoms with Gasteiger partial charge in [0, 0.05) is 6.42 Å². The van der Waals surface area contributed by atoms with Crippen LogP contribution in [0.15, 0.2) is 60.8 Å². The van der Waals surface area contributed by atoms with Crippen molar-refractivity contribution in [1.82, 2.24) is 5.32 Å². The number of hydrogen-bond donors (Lipinski definition) is 6. The number of carbonyl (C=O) groups is 2. The topological polar surface area (TPSA) is 175 Å². The molecule has 1 aliphatic heterocycles. The van der Waals surface area contributed by atoms with Gasteiger partial charge < -0.3 is 45.1 Å². The molecule has 11 nitrogen and oxygen atoms in total. The standard InChI is InChI=1S/C67H121NO10/c1-4-7-10-13-16-19-22-25-27-29-30-31-33-34-36-39-42-45-48-51-54-60(71)66(75)68-58(59(70)53-50-47-44-41-38-24-21-18-15-12-9-6-3)57-76-67-65(64(74)63(73)61(56-69)77-67)78-62(72)55-52-49-46-43-40-37-35-32-28-26-23-20-17-14-11-8-5-2/h16,19,25,27,30-31,34,36,50,53,58-61,63-65,67,69-71,73-74H,4-15,17-18,20-24,26,28-29,32-33,35,37-49,51-52,54-57H2,1-3H3,(H,68,75)/b19-16-,27-25-,31-30-,36-34-,53-50+. The van der Waals surface area contributed by atoms with E-state index in [0.29, 0.717) is 12.8 Å². The van der Waals surface area contributed by atoms with Gasteiger partial charge >= 0.3 is 5.97 Å². The Hall–Kier alpha value is -2.64. The lowest BCUT2D eigenvalue weighted by Gasteiger charge is -2.41. The number of aliphatic hydroxyl groups excluding tert-OH is 5. The molecule has 1 fully saturated rings. The van der Waals surface area contributed by atoms with Crippen LogP contribution in [0.2, 0.25) is 0 Å². The fourth-order valence-corrected chi connectivity index (χ4v) is 9.99. The molecule has 0 aromatic rings. The highest BCUT2D eigenvalue weighted by Crippen LogP contribution is 2.26. The van der Waals surface area contributed by atoms with E-state index >= 15 is 0 Å². The minimum absolute atomic E-state index is 0.124. The summed E-state index contributed by atoms with van der Waals surface area (Å²) in [6.45, 7) is 5.77. The molecular formula is C67H121NO10. The first-order chi connectivity index (χ1) is 38.2. The zero-order chi connectivity index (χ0) is 56.8. The summed E-state index contributed by atoms with van der Waals surface area (Å²) in [6, 6.07) is -1.03. The number of aliphatic hydroxyl groups is 5. The number of ether oxygens (including phenoxy) is 3. The quantitative estimate of drug-likeness (QED) is 0.0195. The number of unbranched alkanes of at least 4 members (excludes halogenated alkanes) is 33. The zero-order valence-corrected chi connectivity index (χ0v) is 50.3. The van der Waals surface area contributed by atoms with Crippen molar-refractivity contribution in [1.29, 1.82) is 0 Å². The van der Waals surface area contributed by atoms with Crippen molar-refractivity contribution >= 4 is 11.9 Å². The van der Waals surface area contributed by atoms with Gasteiger partial charge in [-0.25, -0.2) is 0 Å². The van der Waals surface area contributed by atoms with Gasteiger partial charge in [0.1, 0.15) is 24.4 Å². The van der Waals surface area contributed by atoms with E-state index in [9.17, 15) is 35.1 Å². The molecule has 1 heterocycles. The Kier molecular flexibility index (Phi) is 51.7. The van der Waals surface area contributed by atoms with E-state index in [2.05, 4.69) is 74.7 Å². The van der Waals surface area contributed by atoms with Gasteiger partial charge in [-0.05, 0) is 70.6 Å². The van der Waals surface area contributed by atoms with E-state index in [0.717, 1.165) is 83.5 Å². The second-order valence-corrected chi connectivity index (χ2v) is 22.5. The molecule has 454 valence electrons. The minimum atomic E-state index is -1.62. The van der Waals surface area contributed by atoms with Gasteiger partial charge in [-0.3, -0.25) is 9.59 Å². The van der Waals surface area contributed by atoms with Crippen LogP contribution in [0.5, 0.6) is 0 Å². The summed E-state index contributed by atoms with van der Waals surface area (Å²) in [7, 11) is 0. The Morgan fingerprint density at radius 2 is 0.885 bits per heavy atom. The smallest absolute Gasteiger partial charge is 0.306 e. The molecule has 11 heteroatoms. The minimum Gasteiger partial charge on any atom is -0.454 e. The van der Waals surface area contributed by atoms with Crippen molar-refractivity contribution in [2.45, 2.75) is 339 Å². The van der Waals surface area contributed by atoms with Gasteiger partial charge in [0.25, 0.3) is 0 Å². The van der Waals surface area contributed by atoms with Crippen LogP contribution >= 0.6 is 0 Å². The SMILES string of the molecule is CCCCC/C=C\C/C=C\C/C=C\C/C=C\CCCCCCC(O)C(=O)NC(COC1OC(CO)C(O)C(O)C1OC(=O)CCCCCCCCCCCCCCCCCCC)C(O)/C=C/CCCCCCCCCCCC. The third kappa shape index (κ3) is 42.2. The first kappa shape index (κ1) is 73.4. The Morgan fingerprint density at radius 1 is 0.500 bits per heavy atom. The second kappa shape index (κ2) is 54.9. The molecule has 6 N–H and O–H groups in total. The molecule has 1 saturated heterocycles. The lowest BCUT2D eigenvalue weighted by Crippen LogP contribution is -2.61. The van der Waals surface area contributed by atoms with Crippen LogP contribution in [-0.2, 0) is 23.8 Å². The van der Waals surface area contributed by atoms with Crippen molar-refractivity contribution in [3.63, 3.8) is 0 Å². The molecule has 1 amide bonds. The molecule has 1 aliphatic rings. The molecule has 8 atom stereocenters. The highest BCUT2D eigenvalue weighted by atomic mass is 16.7. The van der Waals surface area contributed by atoms with Crippen LogP contribution in [0.3, 0.4) is 0 Å². The van der Waals surface area contributed by atoms with E-state index in [4.69, 9.17) is 14.2 Å². The molecule has 8 unspecified atom stereocenters. The number of allylic oxidation sites excluding steroid dienone is 9. The van der Waals surface area contributed by atoms with Crippen molar-refractivity contribution < 1.29 is 49.3 Å². The molecule has 0 bridgehead atoms. The molecule has 0 aromatic carbocycles. The Labute approximate surface area is 478 Å². The molecular weight excluding hydrogens is 979 g/mol. The van der Waals surface area contributed by atoms with Gasteiger partial charge in [-0.2, -0.15) is 0 Å². The average molecular weight is 1100 g/mol. The molecule has 0 radical (unpaired) electrons. The number of carbonyl (C=O) groups excluding carboxylic acids is 2. The number of esters is 1. The fraction of sp³-hybridized carbons (Fsp3) is 0.821. The molecule has 78 heavy (non-hydrogen) atoms. The fourth-order valence-electron chi connectivity index (χ4n) is 9.99. The summed E-state index contributed by atoms with van der Waals surface area (Å²) in [5, 5.41) is 57.0. The number of nitrogens with one attached hydrogen (secondary N) is 1. The van der Waals surface area contributed by atoms with Crippen LogP contribution in [-0.4, -0.2) is 99.6 Å². The number of hydrogen-bond acceptors (Lipinski definition) is 10. The Morgan fingerprint density at radius 3 is 1.35 bits per heavy atom. The lowest BCUT2D eigenvalue weighted by molar-refractivity contribution is -0.305. The summed E-state index contributed by atoms with van der Waals surface area (Å²) in [4.78, 5) is 26.6. The van der Waals surface area contributed by atoms with E-state index in [1.165, 1.54) is 161 Å². The highest BCUT2D eigenvalue weighted by Gasteiger charge is 2.47. The largest absolute Gasteiger partial charge is 0.454 e. The zero-order valence-electron chi connectivity index (χ0n) is 50.3. The van der Waals surface area contributed by atoms with Crippen molar-refractivity contribution in [3.8, 4) is 0 Å². The number of rotatable bonds is 55. The first-order valence-corrected chi connectivity index (χ1v) is 32.6. The maximum Gasteiger partial charge on any atom is 0.306 e. The third-order valence-electron chi connectivity index (χ3n) is 15.2. The van der Waals surface area contributed by atoms with E-state index < -0.39 is 67.4 Å². The number of amides is 1. The second-order valence-electron chi connectivity index (χ2n) is 22.5. The predicted molar refractivity (Wildman–Crippen MR) is 324 cm³/mol. The van der Waals surface area contributed by atoms with E-state index in [1.54, 1.807) is 6.08 Å². The molecule has 0 saturated carbocycles. The van der Waals surface area contributed by atoms with E-state index in [1.807, 2.05) is 6.08 Å². The van der Waals surface area contributed by atoms with Crippen molar-refractivity contribution in [3.05, 3.63) is 60.8 Å². The first-order valence-electron chi connectivity index (χ1n) is 32.6. The van der Waals surface area contributed by atoms with Crippen LogP contribution < -0.4 is 5.32 Å². The highest BCUT2D eigenvalue weighted by molar-refractivity contribution is 5.80. The van der Waals surface area contributed by atoms with Gasteiger partial charge in [0.05, 0.1) is 25.4 Å². The van der Waals surface area contributed by atoms with Crippen molar-refractivity contribution in [2.75, 3.05) is 13.2 Å². The van der Waals surface area contributed by atoms with E-state index in [-0.39, 0.29) is 19.4 Å². The molecule has 0 spiro atoms. The van der Waals surface area contributed by atoms with Crippen molar-refractivity contribution in [2.24, 2.45) is 0 Å². The Bertz CT molecular complexity index is 1500. The maximum absolute atomic E-state index is 13.4. The molecule has 0 aromatic heterocycles. The van der Waals surface area contributed by atoms with Gasteiger partial charge in [-0.15, -0.1) is 0 Å². The molecule has 1 rings (SSSR count). The lowest BCUT2D eigenvalue weighted by atomic mass is 9.99. The summed E-state index contributed by atoms with van der Waals surface area (Å²) in [5.74, 6) is -1.21. The summed E-state index contributed by atoms with van der Waals surface area (Å²) < 4.78 is 17.6. The maximum atomic E-state index is 13.4. The summed E-state index contributed by atoms with van der Waals surface area (Å²) >= 11 is 0. The van der Waals surface area contributed by atoms with Crippen LogP contribution in [0.4, 0.5) is 0 Å². The average Bonchev–Trinajstić information content (AvgIpc) is 3.44. The van der Waals surface area contributed by atoms with Gasteiger partial charge in [-0.1, -0.05) is 274 Å². The monoisotopic (exact) mass is 1100 g/mol. The van der Waals surface area contributed by atoms with Crippen LogP contribution in [0.1, 0.15) is 290 Å². The summed E-state index contributed by atoms with van der Waals surface area (Å²) in [6.07, 6.45) is 58.2. The van der Waals surface area contributed by atoms with Gasteiger partial charge in [0.2, 0.25) is 5.91 Å². The third-order valence-corrected chi connectivity index (χ3v) is 15.2. The molecule has 0 aliphatic carbocycles. The van der Waals surface area contributed by atoms with Crippen LogP contribution in [0.25, 0.3) is 0 Å². The predicted octanol–water partition coefficient (Wildman–Crippen LogP) is 15.8.